The van der Waals surface area contributed by atoms with Gasteiger partial charge in [0.25, 0.3) is 0 Å². The number of hydrogen-bond donors (Lipinski definition) is 1. The van der Waals surface area contributed by atoms with Crippen LogP contribution in [0.5, 0.6) is 11.5 Å². The monoisotopic (exact) mass is 637 g/mol. The second-order valence-corrected chi connectivity index (χ2v) is 12.8. The van der Waals surface area contributed by atoms with E-state index in [-0.39, 0.29) is 6.61 Å². The van der Waals surface area contributed by atoms with Crippen molar-refractivity contribution in [1.82, 2.24) is 0 Å². The Morgan fingerprint density at radius 2 is 0.891 bits per heavy atom. The molecule has 262 valence electrons. The van der Waals surface area contributed by atoms with Crippen LogP contribution in [0, 0.1) is 0 Å². The highest BCUT2D eigenvalue weighted by Crippen LogP contribution is 2.25. The molecule has 0 bridgehead atoms. The van der Waals surface area contributed by atoms with Gasteiger partial charge >= 0.3 is 0 Å². The van der Waals surface area contributed by atoms with E-state index >= 15 is 0 Å². The molecule has 1 rings (SSSR count). The summed E-state index contributed by atoms with van der Waals surface area (Å²) in [6.07, 6.45) is 48.5. The van der Waals surface area contributed by atoms with Crippen molar-refractivity contribution in [3.63, 3.8) is 0 Å². The van der Waals surface area contributed by atoms with Crippen LogP contribution >= 0.6 is 0 Å². The molecule has 0 amide bonds. The summed E-state index contributed by atoms with van der Waals surface area (Å²) in [5.41, 5.74) is 0.814. The number of allylic oxidation sites excluding steroid dienone is 8. The third-order valence-electron chi connectivity index (χ3n) is 8.42. The minimum atomic E-state index is -0.0266. The summed E-state index contributed by atoms with van der Waals surface area (Å²) in [4.78, 5) is 0. The summed E-state index contributed by atoms with van der Waals surface area (Å²) in [7, 11) is 0. The number of aliphatic hydroxyl groups is 1. The van der Waals surface area contributed by atoms with Crippen LogP contribution in [-0.4, -0.2) is 18.3 Å². The molecule has 1 aromatic carbocycles. The van der Waals surface area contributed by atoms with Crippen molar-refractivity contribution in [1.29, 1.82) is 0 Å². The Labute approximate surface area is 285 Å². The molecule has 0 spiro atoms. The lowest BCUT2D eigenvalue weighted by Gasteiger charge is -2.13. The zero-order valence-corrected chi connectivity index (χ0v) is 30.2. The molecule has 0 aromatic heterocycles. The molecule has 0 saturated carbocycles. The second-order valence-electron chi connectivity index (χ2n) is 12.8. The summed E-state index contributed by atoms with van der Waals surface area (Å²) in [5, 5.41) is 9.86. The minimum Gasteiger partial charge on any atom is -0.494 e. The van der Waals surface area contributed by atoms with E-state index in [4.69, 9.17) is 9.47 Å². The van der Waals surface area contributed by atoms with E-state index < -0.39 is 0 Å². The zero-order chi connectivity index (χ0) is 33.0. The molecule has 1 aromatic rings. The van der Waals surface area contributed by atoms with Crippen molar-refractivity contribution in [2.45, 2.75) is 175 Å². The first-order chi connectivity index (χ1) is 22.8. The normalized spacial score (nSPS) is 12.1. The lowest BCUT2D eigenvalue weighted by molar-refractivity contribution is 0.256. The summed E-state index contributed by atoms with van der Waals surface area (Å²) >= 11 is 0. The molecule has 1 N–H and O–H groups in total. The summed E-state index contributed by atoms with van der Waals surface area (Å²) in [5.74, 6) is 1.61. The van der Waals surface area contributed by atoms with Crippen molar-refractivity contribution in [2.24, 2.45) is 0 Å². The molecule has 3 heteroatoms. The summed E-state index contributed by atoms with van der Waals surface area (Å²) in [6, 6.07) is 5.86. The first-order valence-electron chi connectivity index (χ1n) is 19.4. The van der Waals surface area contributed by atoms with Crippen LogP contribution in [0.1, 0.15) is 174 Å². The SMILES string of the molecule is CCCCC/C=C\C/C=C\CCCCCCCCOc1ccc(OCCCCCCCC/C=C\C/C=C\CCCCC)c(CO)c1. The van der Waals surface area contributed by atoms with Gasteiger partial charge in [-0.1, -0.05) is 140 Å². The van der Waals surface area contributed by atoms with E-state index in [0.29, 0.717) is 6.61 Å². The van der Waals surface area contributed by atoms with E-state index in [2.05, 4.69) is 62.5 Å². The number of unbranched alkanes of at least 4 members (excludes halogenated alkanes) is 18. The van der Waals surface area contributed by atoms with Gasteiger partial charge in [-0.2, -0.15) is 0 Å². The molecule has 0 aliphatic carbocycles. The predicted octanol–water partition coefficient (Wildman–Crippen LogP) is 13.6. The van der Waals surface area contributed by atoms with Gasteiger partial charge < -0.3 is 14.6 Å². The molecule has 0 radical (unpaired) electrons. The number of ether oxygens (including phenoxy) is 2. The first-order valence-corrected chi connectivity index (χ1v) is 19.4. The van der Waals surface area contributed by atoms with Crippen LogP contribution in [0.2, 0.25) is 0 Å². The van der Waals surface area contributed by atoms with Gasteiger partial charge in [0, 0.05) is 5.56 Å². The molecule has 0 aliphatic rings. The molecular weight excluding hydrogens is 564 g/mol. The van der Waals surface area contributed by atoms with Gasteiger partial charge in [0.15, 0.2) is 0 Å². The van der Waals surface area contributed by atoms with Crippen LogP contribution in [0.15, 0.2) is 66.8 Å². The van der Waals surface area contributed by atoms with Crippen LogP contribution in [-0.2, 0) is 6.61 Å². The fourth-order valence-electron chi connectivity index (χ4n) is 5.46. The van der Waals surface area contributed by atoms with E-state index in [9.17, 15) is 5.11 Å². The maximum atomic E-state index is 9.86. The number of hydrogen-bond acceptors (Lipinski definition) is 3. The fourth-order valence-corrected chi connectivity index (χ4v) is 5.46. The van der Waals surface area contributed by atoms with Gasteiger partial charge in [-0.25, -0.2) is 0 Å². The Hall–Kier alpha value is -2.26. The highest BCUT2D eigenvalue weighted by Gasteiger charge is 2.06. The molecule has 0 aliphatic heterocycles. The Balaban J connectivity index is 1.99. The van der Waals surface area contributed by atoms with Crippen LogP contribution in [0.25, 0.3) is 0 Å². The topological polar surface area (TPSA) is 38.7 Å². The highest BCUT2D eigenvalue weighted by atomic mass is 16.5. The highest BCUT2D eigenvalue weighted by molar-refractivity contribution is 5.39. The third-order valence-corrected chi connectivity index (χ3v) is 8.42. The predicted molar refractivity (Wildman–Crippen MR) is 202 cm³/mol. The number of aliphatic hydroxyl groups excluding tert-OH is 1. The van der Waals surface area contributed by atoms with Gasteiger partial charge in [0.2, 0.25) is 0 Å². The number of rotatable bonds is 33. The maximum absolute atomic E-state index is 9.86. The lowest BCUT2D eigenvalue weighted by atomic mass is 10.1. The van der Waals surface area contributed by atoms with E-state index in [0.717, 1.165) is 49.4 Å². The van der Waals surface area contributed by atoms with Crippen molar-refractivity contribution in [3.8, 4) is 11.5 Å². The van der Waals surface area contributed by atoms with Crippen LogP contribution in [0.4, 0.5) is 0 Å². The zero-order valence-electron chi connectivity index (χ0n) is 30.2. The van der Waals surface area contributed by atoms with E-state index in [1.54, 1.807) is 0 Å². The second kappa shape index (κ2) is 34.1. The van der Waals surface area contributed by atoms with Gasteiger partial charge in [0.05, 0.1) is 19.8 Å². The molecule has 3 nitrogen and oxygen atoms in total. The molecule has 0 fully saturated rings. The minimum absolute atomic E-state index is 0.0266. The van der Waals surface area contributed by atoms with E-state index in [1.165, 1.54) is 128 Å². The Morgan fingerprint density at radius 1 is 0.478 bits per heavy atom. The average molecular weight is 637 g/mol. The smallest absolute Gasteiger partial charge is 0.125 e. The van der Waals surface area contributed by atoms with E-state index in [1.807, 2.05) is 18.2 Å². The molecule has 0 saturated heterocycles. The van der Waals surface area contributed by atoms with Crippen LogP contribution in [0.3, 0.4) is 0 Å². The Morgan fingerprint density at radius 3 is 1.35 bits per heavy atom. The third kappa shape index (κ3) is 26.9. The average Bonchev–Trinajstić information content (AvgIpc) is 3.07. The quantitative estimate of drug-likeness (QED) is 0.0616. The van der Waals surface area contributed by atoms with Crippen LogP contribution < -0.4 is 9.47 Å². The Kier molecular flexibility index (Phi) is 30.9. The fraction of sp³-hybridized carbons (Fsp3) is 0.674. The summed E-state index contributed by atoms with van der Waals surface area (Å²) < 4.78 is 12.0. The molecular formula is C43H72O3. The largest absolute Gasteiger partial charge is 0.494 e. The lowest BCUT2D eigenvalue weighted by Crippen LogP contribution is -2.02. The molecule has 0 atom stereocenters. The maximum Gasteiger partial charge on any atom is 0.125 e. The van der Waals surface area contributed by atoms with Gasteiger partial charge in [0.1, 0.15) is 11.5 Å². The first kappa shape index (κ1) is 41.8. The molecule has 0 heterocycles. The van der Waals surface area contributed by atoms with Crippen molar-refractivity contribution in [2.75, 3.05) is 13.2 Å². The van der Waals surface area contributed by atoms with Crippen molar-refractivity contribution in [3.05, 3.63) is 72.4 Å². The van der Waals surface area contributed by atoms with Crippen molar-refractivity contribution >= 4 is 0 Å². The molecule has 46 heavy (non-hydrogen) atoms. The van der Waals surface area contributed by atoms with Gasteiger partial charge in [-0.05, 0) is 95.2 Å². The summed E-state index contributed by atoms with van der Waals surface area (Å²) in [6.45, 7) is 5.92. The Bertz CT molecular complexity index is 897. The van der Waals surface area contributed by atoms with Gasteiger partial charge in [-0.15, -0.1) is 0 Å². The van der Waals surface area contributed by atoms with Gasteiger partial charge in [-0.3, -0.25) is 0 Å². The standard InChI is InChI=1S/C43H72O3/c1-3-5-7-9-11-13-15-17-19-21-23-25-27-29-31-33-37-45-42-35-36-43(41(39-42)40-44)46-38-34-32-30-28-26-24-22-20-18-16-14-12-10-8-6-4-2/h11-14,17-20,35-36,39,44H,3-10,15-16,21-34,37-38,40H2,1-2H3/b13-11-,14-12-,19-17-,20-18-. The molecule has 0 unspecified atom stereocenters. The van der Waals surface area contributed by atoms with Crippen molar-refractivity contribution < 1.29 is 14.6 Å². The number of benzene rings is 1.